The summed E-state index contributed by atoms with van der Waals surface area (Å²) in [4.78, 5) is 7.36. The van der Waals surface area contributed by atoms with Gasteiger partial charge >= 0.3 is 0 Å². The van der Waals surface area contributed by atoms with E-state index in [-0.39, 0.29) is 0 Å². The quantitative estimate of drug-likeness (QED) is 0.422. The Balaban J connectivity index is 1.54. The van der Waals surface area contributed by atoms with Crippen LogP contribution in [0.5, 0.6) is 0 Å². The maximum Gasteiger partial charge on any atom is 0.0745 e. The molecule has 1 saturated heterocycles. The first-order chi connectivity index (χ1) is 15.2. The van der Waals surface area contributed by atoms with Crippen molar-refractivity contribution < 1.29 is 0 Å². The van der Waals surface area contributed by atoms with Gasteiger partial charge in [0.1, 0.15) is 0 Å². The summed E-state index contributed by atoms with van der Waals surface area (Å²) in [5.74, 6) is 0. The van der Waals surface area contributed by atoms with E-state index in [4.69, 9.17) is 16.6 Å². The first kappa shape index (κ1) is 21.4. The number of nitrogens with zero attached hydrogens (tertiary/aromatic N) is 2. The van der Waals surface area contributed by atoms with Crippen LogP contribution >= 0.6 is 11.6 Å². The van der Waals surface area contributed by atoms with E-state index in [1.165, 1.54) is 5.57 Å². The van der Waals surface area contributed by atoms with Crippen LogP contribution in [0.4, 0.5) is 5.69 Å². The Morgan fingerprint density at radius 3 is 2.58 bits per heavy atom. The minimum Gasteiger partial charge on any atom is -0.382 e. The van der Waals surface area contributed by atoms with Crippen molar-refractivity contribution in [3.63, 3.8) is 0 Å². The van der Waals surface area contributed by atoms with Crippen LogP contribution in [-0.2, 0) is 0 Å². The van der Waals surface area contributed by atoms with Crippen LogP contribution in [0.2, 0.25) is 5.02 Å². The Bertz CT molecular complexity index is 1100. The average Bonchev–Trinajstić information content (AvgIpc) is 2.80. The normalized spacial score (nSPS) is 15.7. The standard InChI is InChI=1S/C27H28ClN3/c1-3-8-20(4-2)19-31-15-13-23(14-16-31)29-27-18-25(21-9-6-5-7-10-21)30-26-17-22(28)11-12-24(26)27/h3-12,17-18,23H,1-2,13-16,19H2,(H,29,30)/b20-8+. The summed E-state index contributed by atoms with van der Waals surface area (Å²) in [5.41, 5.74) is 5.32. The second-order valence-corrected chi connectivity index (χ2v) is 8.40. The Morgan fingerprint density at radius 1 is 1.10 bits per heavy atom. The molecule has 0 atom stereocenters. The predicted octanol–water partition coefficient (Wildman–Crippen LogP) is 6.73. The minimum atomic E-state index is 0.428. The van der Waals surface area contributed by atoms with Gasteiger partial charge in [0.15, 0.2) is 0 Å². The number of hydrogen-bond donors (Lipinski definition) is 1. The molecule has 3 aromatic rings. The van der Waals surface area contributed by atoms with Gasteiger partial charge in [0.05, 0.1) is 11.2 Å². The van der Waals surface area contributed by atoms with Crippen LogP contribution in [0, 0.1) is 0 Å². The summed E-state index contributed by atoms with van der Waals surface area (Å²) in [6.45, 7) is 10.7. The number of aromatic nitrogens is 1. The van der Waals surface area contributed by atoms with E-state index in [1.54, 1.807) is 0 Å². The van der Waals surface area contributed by atoms with Gasteiger partial charge in [-0.05, 0) is 42.7 Å². The first-order valence-corrected chi connectivity index (χ1v) is 11.1. The number of fused-ring (bicyclic) bond motifs is 1. The Morgan fingerprint density at radius 2 is 1.87 bits per heavy atom. The fraction of sp³-hybridized carbons (Fsp3) is 0.222. The summed E-state index contributed by atoms with van der Waals surface area (Å²) in [5, 5.41) is 5.62. The molecule has 0 bridgehead atoms. The highest BCUT2D eigenvalue weighted by Crippen LogP contribution is 2.31. The SMILES string of the molecule is C=C/C=C(\C=C)CN1CCC(Nc2cc(-c3ccccc3)nc3cc(Cl)ccc23)CC1. The molecule has 0 amide bonds. The van der Waals surface area contributed by atoms with Gasteiger partial charge in [0.25, 0.3) is 0 Å². The van der Waals surface area contributed by atoms with Crippen molar-refractivity contribution in [3.05, 3.63) is 96.6 Å². The van der Waals surface area contributed by atoms with Gasteiger partial charge in [-0.15, -0.1) is 0 Å². The fourth-order valence-electron chi connectivity index (χ4n) is 4.13. The molecule has 1 fully saturated rings. The monoisotopic (exact) mass is 429 g/mol. The maximum absolute atomic E-state index is 6.27. The molecule has 3 nitrogen and oxygen atoms in total. The molecule has 4 rings (SSSR count). The van der Waals surface area contributed by atoms with Crippen LogP contribution in [0.1, 0.15) is 12.8 Å². The zero-order valence-corrected chi connectivity index (χ0v) is 18.5. The Hall–Kier alpha value is -2.88. The lowest BCUT2D eigenvalue weighted by Gasteiger charge is -2.33. The molecule has 0 unspecified atom stereocenters. The van der Waals surface area contributed by atoms with E-state index in [1.807, 2.05) is 48.6 Å². The van der Waals surface area contributed by atoms with Crippen LogP contribution < -0.4 is 5.32 Å². The molecule has 1 aliphatic heterocycles. The number of nitrogens with one attached hydrogen (secondary N) is 1. The molecule has 158 valence electrons. The molecule has 0 radical (unpaired) electrons. The highest BCUT2D eigenvalue weighted by atomic mass is 35.5. The topological polar surface area (TPSA) is 28.2 Å². The summed E-state index contributed by atoms with van der Waals surface area (Å²) in [6, 6.07) is 18.8. The Kier molecular flexibility index (Phi) is 6.86. The lowest BCUT2D eigenvalue weighted by Crippen LogP contribution is -2.39. The molecular formula is C27H28ClN3. The highest BCUT2D eigenvalue weighted by Gasteiger charge is 2.20. The first-order valence-electron chi connectivity index (χ1n) is 10.7. The molecular weight excluding hydrogens is 402 g/mol. The Labute approximate surface area is 189 Å². The number of likely N-dealkylation sites (tertiary alicyclic amines) is 1. The third-order valence-corrected chi connectivity index (χ3v) is 6.02. The molecule has 2 heterocycles. The summed E-state index contributed by atoms with van der Waals surface area (Å²) in [6.07, 6.45) is 7.98. The number of piperidine rings is 1. The summed E-state index contributed by atoms with van der Waals surface area (Å²) < 4.78 is 0. The fourth-order valence-corrected chi connectivity index (χ4v) is 4.29. The van der Waals surface area contributed by atoms with Crippen LogP contribution in [0.15, 0.2) is 91.6 Å². The molecule has 0 saturated carbocycles. The van der Waals surface area contributed by atoms with E-state index >= 15 is 0 Å². The zero-order valence-electron chi connectivity index (χ0n) is 17.7. The molecule has 0 aliphatic carbocycles. The lowest BCUT2D eigenvalue weighted by molar-refractivity contribution is 0.237. The van der Waals surface area contributed by atoms with E-state index in [0.29, 0.717) is 11.1 Å². The van der Waals surface area contributed by atoms with Gasteiger partial charge < -0.3 is 5.32 Å². The number of rotatable bonds is 7. The second kappa shape index (κ2) is 9.95. The second-order valence-electron chi connectivity index (χ2n) is 7.96. The third-order valence-electron chi connectivity index (χ3n) is 5.79. The average molecular weight is 430 g/mol. The van der Waals surface area contributed by atoms with E-state index in [9.17, 15) is 0 Å². The maximum atomic E-state index is 6.27. The molecule has 31 heavy (non-hydrogen) atoms. The number of benzene rings is 2. The summed E-state index contributed by atoms with van der Waals surface area (Å²) >= 11 is 6.27. The summed E-state index contributed by atoms with van der Waals surface area (Å²) in [7, 11) is 0. The smallest absolute Gasteiger partial charge is 0.0745 e. The van der Waals surface area contributed by atoms with Crippen LogP contribution in [-0.4, -0.2) is 35.6 Å². The van der Waals surface area contributed by atoms with Crippen molar-refractivity contribution in [3.8, 4) is 11.3 Å². The molecule has 1 aromatic heterocycles. The molecule has 1 N–H and O–H groups in total. The van der Waals surface area contributed by atoms with Gasteiger partial charge in [-0.1, -0.05) is 73.3 Å². The van der Waals surface area contributed by atoms with Crippen molar-refractivity contribution in [2.45, 2.75) is 18.9 Å². The van der Waals surface area contributed by atoms with Gasteiger partial charge in [-0.3, -0.25) is 4.90 Å². The van der Waals surface area contributed by atoms with E-state index in [2.05, 4.69) is 47.6 Å². The number of halogens is 1. The zero-order chi connectivity index (χ0) is 21.6. The van der Waals surface area contributed by atoms with Gasteiger partial charge in [0, 0.05) is 47.3 Å². The number of anilines is 1. The van der Waals surface area contributed by atoms with E-state index in [0.717, 1.165) is 60.3 Å². The van der Waals surface area contributed by atoms with Crippen molar-refractivity contribution in [2.24, 2.45) is 0 Å². The van der Waals surface area contributed by atoms with Gasteiger partial charge in [-0.25, -0.2) is 4.98 Å². The lowest BCUT2D eigenvalue weighted by atomic mass is 10.0. The van der Waals surface area contributed by atoms with Gasteiger partial charge in [-0.2, -0.15) is 0 Å². The molecule has 2 aromatic carbocycles. The highest BCUT2D eigenvalue weighted by molar-refractivity contribution is 6.31. The molecule has 4 heteroatoms. The van der Waals surface area contributed by atoms with E-state index < -0.39 is 0 Å². The van der Waals surface area contributed by atoms with Crippen molar-refractivity contribution >= 4 is 28.2 Å². The third kappa shape index (κ3) is 5.25. The van der Waals surface area contributed by atoms with Gasteiger partial charge in [0.2, 0.25) is 0 Å². The predicted molar refractivity (Wildman–Crippen MR) is 134 cm³/mol. The van der Waals surface area contributed by atoms with Crippen molar-refractivity contribution in [1.82, 2.24) is 9.88 Å². The minimum absolute atomic E-state index is 0.428. The number of hydrogen-bond acceptors (Lipinski definition) is 3. The van der Waals surface area contributed by atoms with Crippen LogP contribution in [0.3, 0.4) is 0 Å². The van der Waals surface area contributed by atoms with Crippen molar-refractivity contribution in [1.29, 1.82) is 0 Å². The van der Waals surface area contributed by atoms with Crippen molar-refractivity contribution in [2.75, 3.05) is 25.0 Å². The molecule has 0 spiro atoms. The number of pyridine rings is 1. The largest absolute Gasteiger partial charge is 0.382 e. The molecule has 1 aliphatic rings. The number of allylic oxidation sites excluding steroid dienone is 2. The van der Waals surface area contributed by atoms with Crippen LogP contribution in [0.25, 0.3) is 22.2 Å².